The van der Waals surface area contributed by atoms with Crippen molar-refractivity contribution in [2.45, 2.75) is 25.7 Å². The van der Waals surface area contributed by atoms with E-state index in [1.807, 2.05) is 36.4 Å². The number of rotatable bonds is 17. The van der Waals surface area contributed by atoms with Gasteiger partial charge in [-0.2, -0.15) is 0 Å². The summed E-state index contributed by atoms with van der Waals surface area (Å²) in [5.41, 5.74) is 5.41. The molecule has 0 heterocycles. The Kier molecular flexibility index (Phi) is 12.4. The summed E-state index contributed by atoms with van der Waals surface area (Å²) >= 11 is 0. The van der Waals surface area contributed by atoms with Crippen molar-refractivity contribution in [1.29, 1.82) is 0 Å². The summed E-state index contributed by atoms with van der Waals surface area (Å²) in [7, 11) is 16.2. The molecule has 0 saturated heterocycles. The Morgan fingerprint density at radius 1 is 0.292 bits per heavy atom. The summed E-state index contributed by atoms with van der Waals surface area (Å²) in [6, 6.07) is 15.8. The van der Waals surface area contributed by atoms with Crippen LogP contribution >= 0.6 is 0 Å². The van der Waals surface area contributed by atoms with Gasteiger partial charge in [0.15, 0.2) is 23.0 Å². The zero-order valence-electron chi connectivity index (χ0n) is 29.5. The smallest absolute Gasteiger partial charge is 0.204 e. The number of hydrogen-bond donors (Lipinski definition) is 0. The van der Waals surface area contributed by atoms with Gasteiger partial charge in [0.1, 0.15) is 23.0 Å². The normalized spacial score (nSPS) is 10.6. The molecule has 0 aromatic heterocycles. The van der Waals surface area contributed by atoms with E-state index in [-0.39, 0.29) is 0 Å². The largest absolute Gasteiger partial charge is 0.497 e. The Labute approximate surface area is 283 Å². The molecule has 0 amide bonds. The van der Waals surface area contributed by atoms with Gasteiger partial charge in [0.2, 0.25) is 11.5 Å². The first-order valence-electron chi connectivity index (χ1n) is 15.4. The fourth-order valence-electron chi connectivity index (χ4n) is 5.93. The highest BCUT2D eigenvalue weighted by molar-refractivity contribution is 5.85. The first kappa shape index (κ1) is 35.7. The van der Waals surface area contributed by atoms with Crippen LogP contribution < -0.4 is 47.4 Å². The molecular weight excluding hydrogens is 616 g/mol. The maximum Gasteiger partial charge on any atom is 0.204 e. The molecule has 10 heteroatoms. The van der Waals surface area contributed by atoms with Gasteiger partial charge in [0.05, 0.1) is 71.1 Å². The van der Waals surface area contributed by atoms with Crippen LogP contribution in [0.25, 0.3) is 11.1 Å². The van der Waals surface area contributed by atoms with Crippen LogP contribution in [0, 0.1) is 0 Å². The van der Waals surface area contributed by atoms with E-state index in [0.29, 0.717) is 60.2 Å². The van der Waals surface area contributed by atoms with Crippen LogP contribution in [-0.4, -0.2) is 71.1 Å². The van der Waals surface area contributed by atoms with Gasteiger partial charge in [-0.15, -0.1) is 0 Å². The third-order valence-electron chi connectivity index (χ3n) is 8.24. The van der Waals surface area contributed by atoms with Crippen LogP contribution in [0.1, 0.15) is 22.3 Å². The van der Waals surface area contributed by atoms with E-state index < -0.39 is 0 Å². The molecule has 0 bridgehead atoms. The van der Waals surface area contributed by atoms with E-state index >= 15 is 0 Å². The van der Waals surface area contributed by atoms with E-state index in [2.05, 4.69) is 12.1 Å². The molecule has 0 aliphatic heterocycles. The van der Waals surface area contributed by atoms with Crippen molar-refractivity contribution < 1.29 is 47.4 Å². The van der Waals surface area contributed by atoms with Gasteiger partial charge >= 0.3 is 0 Å². The van der Waals surface area contributed by atoms with Crippen LogP contribution in [0.5, 0.6) is 57.5 Å². The Balaban J connectivity index is 1.88. The molecule has 0 unspecified atom stereocenters. The second-order valence-corrected chi connectivity index (χ2v) is 10.8. The van der Waals surface area contributed by atoms with Gasteiger partial charge in [0.25, 0.3) is 0 Å². The average molecular weight is 663 g/mol. The molecule has 0 spiro atoms. The molecular formula is C38H46O10. The van der Waals surface area contributed by atoms with Gasteiger partial charge in [-0.25, -0.2) is 0 Å². The Morgan fingerprint density at radius 2 is 0.583 bits per heavy atom. The SMILES string of the molecule is COc1cc(CCc2cc(-c3cc(CCc4cc(OC)cc(OC)c4)c(OC)c(OC)c3OC)c(OC)c(OC)c2OC)cc(OC)c1. The minimum atomic E-state index is 0.470. The first-order chi connectivity index (χ1) is 23.3. The lowest BCUT2D eigenvalue weighted by Gasteiger charge is -2.23. The minimum Gasteiger partial charge on any atom is -0.497 e. The predicted molar refractivity (Wildman–Crippen MR) is 185 cm³/mol. The van der Waals surface area contributed by atoms with Crippen molar-refractivity contribution in [1.82, 2.24) is 0 Å². The summed E-state index contributed by atoms with van der Waals surface area (Å²) < 4.78 is 57.7. The summed E-state index contributed by atoms with van der Waals surface area (Å²) in [6.07, 6.45) is 2.59. The van der Waals surface area contributed by atoms with E-state index in [9.17, 15) is 0 Å². The molecule has 4 aromatic rings. The number of benzene rings is 4. The van der Waals surface area contributed by atoms with Gasteiger partial charge in [-0.05, 0) is 84.3 Å². The van der Waals surface area contributed by atoms with E-state index in [1.165, 1.54) is 0 Å². The minimum absolute atomic E-state index is 0.470. The molecule has 258 valence electrons. The zero-order chi connectivity index (χ0) is 34.8. The lowest BCUT2D eigenvalue weighted by Crippen LogP contribution is -2.05. The Bertz CT molecular complexity index is 1530. The predicted octanol–water partition coefficient (Wildman–Crippen LogP) is 7.01. The summed E-state index contributed by atoms with van der Waals surface area (Å²) in [6.45, 7) is 0. The second kappa shape index (κ2) is 16.6. The average Bonchev–Trinajstić information content (AvgIpc) is 3.13. The van der Waals surface area contributed by atoms with Gasteiger partial charge in [0, 0.05) is 23.3 Å². The first-order valence-corrected chi connectivity index (χ1v) is 15.4. The Morgan fingerprint density at radius 3 is 0.833 bits per heavy atom. The van der Waals surface area contributed by atoms with Crippen LogP contribution in [0.15, 0.2) is 48.5 Å². The van der Waals surface area contributed by atoms with E-state index in [4.69, 9.17) is 47.4 Å². The van der Waals surface area contributed by atoms with Crippen molar-refractivity contribution in [3.63, 3.8) is 0 Å². The molecule has 0 aliphatic rings. The fraction of sp³-hybridized carbons (Fsp3) is 0.368. The molecule has 4 aromatic carbocycles. The van der Waals surface area contributed by atoms with Gasteiger partial charge in [-0.3, -0.25) is 0 Å². The van der Waals surface area contributed by atoms with Crippen LogP contribution in [0.3, 0.4) is 0 Å². The van der Waals surface area contributed by atoms with Crippen LogP contribution in [0.4, 0.5) is 0 Å². The molecule has 10 nitrogen and oxygen atoms in total. The summed E-state index contributed by atoms with van der Waals surface area (Å²) in [5.74, 6) is 5.98. The van der Waals surface area contributed by atoms with E-state index in [0.717, 1.165) is 56.4 Å². The number of aryl methyl sites for hydroxylation is 4. The molecule has 0 aliphatic carbocycles. The molecule has 0 saturated carbocycles. The summed E-state index contributed by atoms with van der Waals surface area (Å²) in [5, 5.41) is 0. The monoisotopic (exact) mass is 662 g/mol. The molecule has 0 N–H and O–H groups in total. The number of methoxy groups -OCH3 is 10. The molecule has 4 rings (SSSR count). The lowest BCUT2D eigenvalue weighted by atomic mass is 9.92. The zero-order valence-corrected chi connectivity index (χ0v) is 29.5. The highest BCUT2D eigenvalue weighted by Gasteiger charge is 2.28. The van der Waals surface area contributed by atoms with Crippen molar-refractivity contribution in [3.05, 3.63) is 70.8 Å². The summed E-state index contributed by atoms with van der Waals surface area (Å²) in [4.78, 5) is 0. The quantitative estimate of drug-likeness (QED) is 0.118. The van der Waals surface area contributed by atoms with Crippen molar-refractivity contribution in [2.75, 3.05) is 71.1 Å². The topological polar surface area (TPSA) is 92.3 Å². The fourth-order valence-corrected chi connectivity index (χ4v) is 5.93. The van der Waals surface area contributed by atoms with Gasteiger partial charge in [-0.1, -0.05) is 0 Å². The molecule has 0 radical (unpaired) electrons. The third kappa shape index (κ3) is 7.54. The maximum atomic E-state index is 6.00. The highest BCUT2D eigenvalue weighted by atomic mass is 16.5. The van der Waals surface area contributed by atoms with Crippen LogP contribution in [-0.2, 0) is 25.7 Å². The van der Waals surface area contributed by atoms with Crippen molar-refractivity contribution in [3.8, 4) is 68.6 Å². The molecule has 0 atom stereocenters. The molecule has 48 heavy (non-hydrogen) atoms. The Hall–Kier alpha value is -5.12. The standard InChI is InChI=1S/C38H46O10/c1-39-27-15-23(16-28(21-27)40-2)11-13-25-19-31(35(45-7)37(47-9)33(25)43-5)32-20-26(34(44-6)38(48-10)36(32)46-8)14-12-24-17-29(41-3)22-30(18-24)42-4/h15-22H,11-14H2,1-10H3. The number of ether oxygens (including phenoxy) is 10. The van der Waals surface area contributed by atoms with Crippen molar-refractivity contribution in [2.24, 2.45) is 0 Å². The maximum absolute atomic E-state index is 6.00. The second-order valence-electron chi connectivity index (χ2n) is 10.8. The lowest BCUT2D eigenvalue weighted by molar-refractivity contribution is 0.320. The third-order valence-corrected chi connectivity index (χ3v) is 8.24. The number of hydrogen-bond acceptors (Lipinski definition) is 10. The molecule has 0 fully saturated rings. The highest BCUT2D eigenvalue weighted by Crippen LogP contribution is 2.53. The van der Waals surface area contributed by atoms with Crippen molar-refractivity contribution >= 4 is 0 Å². The van der Waals surface area contributed by atoms with Crippen LogP contribution in [0.2, 0.25) is 0 Å². The van der Waals surface area contributed by atoms with E-state index in [1.54, 1.807) is 71.1 Å². The van der Waals surface area contributed by atoms with Gasteiger partial charge < -0.3 is 47.4 Å².